The lowest BCUT2D eigenvalue weighted by Gasteiger charge is -2.07. The van der Waals surface area contributed by atoms with Gasteiger partial charge in [-0.05, 0) is 29.8 Å². The van der Waals surface area contributed by atoms with Crippen LogP contribution in [0.15, 0.2) is 53.7 Å². The highest BCUT2D eigenvalue weighted by molar-refractivity contribution is 7.92. The third-order valence-electron chi connectivity index (χ3n) is 2.43. The maximum Gasteiger partial charge on any atom is 0.263 e. The summed E-state index contributed by atoms with van der Waals surface area (Å²) in [5.41, 5.74) is 1.29. The minimum absolute atomic E-state index is 0.108. The van der Waals surface area contributed by atoms with Crippen molar-refractivity contribution in [1.29, 1.82) is 5.26 Å². The molecule has 0 saturated carbocycles. The van der Waals surface area contributed by atoms with Gasteiger partial charge in [0.25, 0.3) is 10.0 Å². The summed E-state index contributed by atoms with van der Waals surface area (Å²) in [6, 6.07) is 11.7. The first kappa shape index (κ1) is 13.1. The Hall–Kier alpha value is -2.39. The van der Waals surface area contributed by atoms with Crippen molar-refractivity contribution in [1.82, 2.24) is 4.98 Å². The summed E-state index contributed by atoms with van der Waals surface area (Å²) in [6.45, 7) is 0. The molecule has 0 aliphatic heterocycles. The predicted molar refractivity (Wildman–Crippen MR) is 70.8 cm³/mol. The van der Waals surface area contributed by atoms with Crippen molar-refractivity contribution in [3.63, 3.8) is 0 Å². The second kappa shape index (κ2) is 5.50. The SMILES string of the molecule is N#CCc1ccc(NS(=O)(=O)c2cccnc2)cc1. The van der Waals surface area contributed by atoms with Crippen molar-refractivity contribution in [2.45, 2.75) is 11.3 Å². The lowest BCUT2D eigenvalue weighted by Crippen LogP contribution is -2.13. The fourth-order valence-electron chi connectivity index (χ4n) is 1.50. The molecule has 1 aromatic carbocycles. The van der Waals surface area contributed by atoms with Gasteiger partial charge in [0, 0.05) is 18.1 Å². The number of aromatic nitrogens is 1. The summed E-state index contributed by atoms with van der Waals surface area (Å²) >= 11 is 0. The Balaban J connectivity index is 2.19. The van der Waals surface area contributed by atoms with Crippen LogP contribution in [0.25, 0.3) is 0 Å². The molecule has 1 heterocycles. The van der Waals surface area contributed by atoms with Crippen molar-refractivity contribution in [2.24, 2.45) is 0 Å². The third-order valence-corrected chi connectivity index (χ3v) is 3.80. The zero-order valence-corrected chi connectivity index (χ0v) is 10.8. The van der Waals surface area contributed by atoms with E-state index in [1.165, 1.54) is 18.5 Å². The normalized spacial score (nSPS) is 10.7. The van der Waals surface area contributed by atoms with E-state index in [9.17, 15) is 8.42 Å². The molecule has 19 heavy (non-hydrogen) atoms. The fourth-order valence-corrected chi connectivity index (χ4v) is 2.52. The Bertz CT molecular complexity index is 689. The number of rotatable bonds is 4. The lowest BCUT2D eigenvalue weighted by molar-refractivity contribution is 0.601. The molecule has 2 rings (SSSR count). The molecule has 0 radical (unpaired) electrons. The van der Waals surface area contributed by atoms with Crippen LogP contribution < -0.4 is 4.72 Å². The number of pyridine rings is 1. The number of nitrogens with zero attached hydrogens (tertiary/aromatic N) is 2. The summed E-state index contributed by atoms with van der Waals surface area (Å²) in [6.07, 6.45) is 3.09. The molecule has 0 atom stereocenters. The number of benzene rings is 1. The Morgan fingerprint density at radius 3 is 2.53 bits per heavy atom. The summed E-state index contributed by atoms with van der Waals surface area (Å²) < 4.78 is 26.5. The third kappa shape index (κ3) is 3.30. The van der Waals surface area contributed by atoms with E-state index in [1.54, 1.807) is 30.3 Å². The first-order chi connectivity index (χ1) is 9.12. The molecule has 96 valence electrons. The van der Waals surface area contributed by atoms with Crippen molar-refractivity contribution in [2.75, 3.05) is 4.72 Å². The van der Waals surface area contributed by atoms with Gasteiger partial charge in [-0.1, -0.05) is 12.1 Å². The van der Waals surface area contributed by atoms with Crippen LogP contribution in [0.1, 0.15) is 5.56 Å². The van der Waals surface area contributed by atoms with E-state index in [-0.39, 0.29) is 4.90 Å². The number of sulfonamides is 1. The van der Waals surface area contributed by atoms with Crippen LogP contribution in [0.2, 0.25) is 0 Å². The first-order valence-corrected chi connectivity index (χ1v) is 6.99. The fraction of sp³-hybridized carbons (Fsp3) is 0.0769. The van der Waals surface area contributed by atoms with Crippen LogP contribution >= 0.6 is 0 Å². The summed E-state index contributed by atoms with van der Waals surface area (Å²) in [4.78, 5) is 3.88. The molecule has 6 heteroatoms. The summed E-state index contributed by atoms with van der Waals surface area (Å²) in [5.74, 6) is 0. The van der Waals surface area contributed by atoms with Crippen LogP contribution in [0.3, 0.4) is 0 Å². The van der Waals surface area contributed by atoms with Gasteiger partial charge in [-0.25, -0.2) is 8.42 Å². The molecule has 0 fully saturated rings. The van der Waals surface area contributed by atoms with E-state index >= 15 is 0 Å². The summed E-state index contributed by atoms with van der Waals surface area (Å²) in [5, 5.41) is 8.56. The highest BCUT2D eigenvalue weighted by atomic mass is 32.2. The van der Waals surface area contributed by atoms with Gasteiger partial charge in [0.1, 0.15) is 4.90 Å². The average Bonchev–Trinajstić information content (AvgIpc) is 2.42. The van der Waals surface area contributed by atoms with E-state index < -0.39 is 10.0 Å². The number of nitriles is 1. The van der Waals surface area contributed by atoms with Crippen LogP contribution in [0, 0.1) is 11.3 Å². The molecule has 0 amide bonds. The predicted octanol–water partition coefficient (Wildman–Crippen LogP) is 1.95. The topological polar surface area (TPSA) is 82.9 Å². The van der Waals surface area contributed by atoms with E-state index in [4.69, 9.17) is 5.26 Å². The quantitative estimate of drug-likeness (QED) is 0.922. The van der Waals surface area contributed by atoms with Crippen LogP contribution in [0.5, 0.6) is 0 Å². The van der Waals surface area contributed by atoms with Gasteiger partial charge in [-0.2, -0.15) is 5.26 Å². The minimum atomic E-state index is -3.62. The highest BCUT2D eigenvalue weighted by Gasteiger charge is 2.13. The van der Waals surface area contributed by atoms with Crippen molar-refractivity contribution >= 4 is 15.7 Å². The standard InChI is InChI=1S/C13H11N3O2S/c14-8-7-11-3-5-12(6-4-11)16-19(17,18)13-2-1-9-15-10-13/h1-6,9-10,16H,7H2. The maximum absolute atomic E-state index is 12.0. The van der Waals surface area contributed by atoms with Gasteiger partial charge < -0.3 is 0 Å². The Kier molecular flexibility index (Phi) is 3.78. The molecule has 2 aromatic rings. The number of anilines is 1. The smallest absolute Gasteiger partial charge is 0.263 e. The van der Waals surface area contributed by atoms with Crippen molar-refractivity contribution in [3.05, 3.63) is 54.4 Å². The monoisotopic (exact) mass is 273 g/mol. The van der Waals surface area contributed by atoms with Crippen LogP contribution in [-0.4, -0.2) is 13.4 Å². The van der Waals surface area contributed by atoms with Gasteiger partial charge in [-0.3, -0.25) is 9.71 Å². The number of nitrogens with one attached hydrogen (secondary N) is 1. The molecular weight excluding hydrogens is 262 g/mol. The second-order valence-corrected chi connectivity index (χ2v) is 5.51. The van der Waals surface area contributed by atoms with Crippen molar-refractivity contribution in [3.8, 4) is 6.07 Å². The zero-order chi connectivity index (χ0) is 13.7. The maximum atomic E-state index is 12.0. The Labute approximate surface area is 111 Å². The second-order valence-electron chi connectivity index (χ2n) is 3.83. The molecule has 0 aliphatic rings. The zero-order valence-electron chi connectivity index (χ0n) is 9.95. The number of hydrogen-bond acceptors (Lipinski definition) is 4. The molecule has 5 nitrogen and oxygen atoms in total. The van der Waals surface area contributed by atoms with Gasteiger partial charge in [0.2, 0.25) is 0 Å². The molecule has 1 N–H and O–H groups in total. The Morgan fingerprint density at radius 2 is 1.95 bits per heavy atom. The number of hydrogen-bond donors (Lipinski definition) is 1. The molecule has 0 unspecified atom stereocenters. The summed E-state index contributed by atoms with van der Waals surface area (Å²) in [7, 11) is -3.62. The molecule has 0 bridgehead atoms. The van der Waals surface area contributed by atoms with E-state index in [2.05, 4.69) is 9.71 Å². The van der Waals surface area contributed by atoms with E-state index in [0.29, 0.717) is 12.1 Å². The average molecular weight is 273 g/mol. The van der Waals surface area contributed by atoms with Crippen LogP contribution in [-0.2, 0) is 16.4 Å². The first-order valence-electron chi connectivity index (χ1n) is 5.50. The van der Waals surface area contributed by atoms with Crippen molar-refractivity contribution < 1.29 is 8.42 Å². The lowest BCUT2D eigenvalue weighted by atomic mass is 10.1. The van der Waals surface area contributed by atoms with Gasteiger partial charge in [0.15, 0.2) is 0 Å². The van der Waals surface area contributed by atoms with Gasteiger partial charge in [-0.15, -0.1) is 0 Å². The molecule has 0 spiro atoms. The van der Waals surface area contributed by atoms with Gasteiger partial charge in [0.05, 0.1) is 12.5 Å². The highest BCUT2D eigenvalue weighted by Crippen LogP contribution is 2.15. The molecule has 0 saturated heterocycles. The molecular formula is C13H11N3O2S. The molecule has 1 aromatic heterocycles. The largest absolute Gasteiger partial charge is 0.280 e. The van der Waals surface area contributed by atoms with E-state index in [0.717, 1.165) is 5.56 Å². The Morgan fingerprint density at radius 1 is 1.21 bits per heavy atom. The molecule has 0 aliphatic carbocycles. The van der Waals surface area contributed by atoms with Crippen LogP contribution in [0.4, 0.5) is 5.69 Å². The van der Waals surface area contributed by atoms with E-state index in [1.807, 2.05) is 6.07 Å². The minimum Gasteiger partial charge on any atom is -0.280 e. The van der Waals surface area contributed by atoms with Gasteiger partial charge >= 0.3 is 0 Å².